The Morgan fingerprint density at radius 3 is 2.71 bits per heavy atom. The predicted molar refractivity (Wildman–Crippen MR) is 89.6 cm³/mol. The van der Waals surface area contributed by atoms with Crippen LogP contribution in [-0.2, 0) is 4.79 Å². The summed E-state index contributed by atoms with van der Waals surface area (Å²) < 4.78 is 10.8. The second-order valence-corrected chi connectivity index (χ2v) is 5.99. The summed E-state index contributed by atoms with van der Waals surface area (Å²) in [5, 5.41) is 12.9. The number of carbonyl (C=O) groups is 1. The van der Waals surface area contributed by atoms with E-state index in [2.05, 4.69) is 11.4 Å². The molecule has 1 heterocycles. The summed E-state index contributed by atoms with van der Waals surface area (Å²) in [6.45, 7) is 1.88. The summed E-state index contributed by atoms with van der Waals surface area (Å²) in [6, 6.07) is 7.78. The van der Waals surface area contributed by atoms with Gasteiger partial charge in [0.2, 0.25) is 0 Å². The molecule has 1 aromatic rings. The number of dihydropyridines is 1. The van der Waals surface area contributed by atoms with E-state index in [9.17, 15) is 10.1 Å². The highest BCUT2D eigenvalue weighted by molar-refractivity contribution is 6.00. The van der Waals surface area contributed by atoms with E-state index in [-0.39, 0.29) is 11.7 Å². The van der Waals surface area contributed by atoms with Gasteiger partial charge in [0.05, 0.1) is 31.8 Å². The lowest BCUT2D eigenvalue weighted by atomic mass is 9.75. The Kier molecular flexibility index (Phi) is 4.30. The van der Waals surface area contributed by atoms with Crippen molar-refractivity contribution < 1.29 is 14.3 Å². The molecule has 0 fully saturated rings. The topological polar surface area (TPSA) is 71.3 Å². The van der Waals surface area contributed by atoms with E-state index < -0.39 is 0 Å². The zero-order valence-corrected chi connectivity index (χ0v) is 14.1. The molecule has 1 aliphatic carbocycles. The van der Waals surface area contributed by atoms with Crippen LogP contribution in [0.25, 0.3) is 0 Å². The van der Waals surface area contributed by atoms with Crippen molar-refractivity contribution in [2.45, 2.75) is 32.1 Å². The average Bonchev–Trinajstić information content (AvgIpc) is 2.60. The quantitative estimate of drug-likeness (QED) is 0.924. The van der Waals surface area contributed by atoms with Gasteiger partial charge in [0, 0.05) is 35.0 Å². The van der Waals surface area contributed by atoms with Crippen LogP contribution in [0.15, 0.2) is 40.7 Å². The van der Waals surface area contributed by atoms with Crippen LogP contribution >= 0.6 is 0 Å². The van der Waals surface area contributed by atoms with Crippen molar-refractivity contribution in [1.82, 2.24) is 5.32 Å². The zero-order chi connectivity index (χ0) is 17.3. The van der Waals surface area contributed by atoms with Gasteiger partial charge in [-0.3, -0.25) is 4.79 Å². The molecule has 0 aromatic heterocycles. The molecule has 5 nitrogen and oxygen atoms in total. The molecule has 0 bridgehead atoms. The van der Waals surface area contributed by atoms with Crippen LogP contribution < -0.4 is 14.8 Å². The van der Waals surface area contributed by atoms with Crippen molar-refractivity contribution in [2.24, 2.45) is 0 Å². The fourth-order valence-electron chi connectivity index (χ4n) is 3.50. The second-order valence-electron chi connectivity index (χ2n) is 5.99. The first-order chi connectivity index (χ1) is 11.6. The average molecular weight is 324 g/mol. The maximum atomic E-state index is 12.6. The van der Waals surface area contributed by atoms with E-state index in [0.29, 0.717) is 29.1 Å². The molecule has 1 N–H and O–H groups in total. The fourth-order valence-corrected chi connectivity index (χ4v) is 3.50. The molecule has 0 spiro atoms. The minimum absolute atomic E-state index is 0.104. The van der Waals surface area contributed by atoms with Gasteiger partial charge >= 0.3 is 0 Å². The Balaban J connectivity index is 2.21. The monoisotopic (exact) mass is 324 g/mol. The number of carbonyl (C=O) groups excluding carboxylic acids is 1. The molecular formula is C19H20N2O3. The lowest BCUT2D eigenvalue weighted by Gasteiger charge is -2.33. The third-order valence-corrected chi connectivity index (χ3v) is 4.65. The van der Waals surface area contributed by atoms with Gasteiger partial charge in [0.15, 0.2) is 5.78 Å². The predicted octanol–water partition coefficient (Wildman–Crippen LogP) is 3.20. The molecule has 1 unspecified atom stereocenters. The lowest BCUT2D eigenvalue weighted by molar-refractivity contribution is -0.116. The number of nitriles is 1. The van der Waals surface area contributed by atoms with Crippen LogP contribution in [-0.4, -0.2) is 20.0 Å². The van der Waals surface area contributed by atoms with Crippen LogP contribution in [0.5, 0.6) is 11.5 Å². The van der Waals surface area contributed by atoms with Gasteiger partial charge in [-0.1, -0.05) is 6.07 Å². The maximum Gasteiger partial charge on any atom is 0.161 e. The van der Waals surface area contributed by atoms with E-state index in [1.807, 2.05) is 19.1 Å². The first-order valence-electron chi connectivity index (χ1n) is 7.96. The standard InChI is InChI=1S/C19H20N2O3/c1-11-14(10-20)18(19-15(21-11)5-4-6-16(19)22)13-8-7-12(23-2)9-17(13)24-3/h7-9,18,21H,4-6H2,1-3H3. The number of ether oxygens (including phenoxy) is 2. The summed E-state index contributed by atoms with van der Waals surface area (Å²) in [5.74, 6) is 1.01. The number of nitrogens with zero attached hydrogens (tertiary/aromatic N) is 1. The molecule has 0 saturated carbocycles. The van der Waals surface area contributed by atoms with Gasteiger partial charge in [-0.05, 0) is 25.8 Å². The summed E-state index contributed by atoms with van der Waals surface area (Å²) >= 11 is 0. The number of Topliss-reactive ketones (excluding diaryl/α,β-unsaturated/α-hetero) is 1. The third kappa shape index (κ3) is 2.54. The summed E-state index contributed by atoms with van der Waals surface area (Å²) in [4.78, 5) is 12.6. The number of benzene rings is 1. The molecule has 1 atom stereocenters. The van der Waals surface area contributed by atoms with Gasteiger partial charge in [-0.25, -0.2) is 0 Å². The van der Waals surface area contributed by atoms with E-state index in [4.69, 9.17) is 9.47 Å². The van der Waals surface area contributed by atoms with Gasteiger partial charge in [-0.2, -0.15) is 5.26 Å². The van der Waals surface area contributed by atoms with Crippen LogP contribution in [0.3, 0.4) is 0 Å². The first-order valence-corrected chi connectivity index (χ1v) is 7.96. The highest BCUT2D eigenvalue weighted by Crippen LogP contribution is 2.45. The van der Waals surface area contributed by atoms with E-state index in [1.54, 1.807) is 20.3 Å². The molecule has 24 heavy (non-hydrogen) atoms. The van der Waals surface area contributed by atoms with Crippen LogP contribution in [0.1, 0.15) is 37.7 Å². The number of nitrogens with one attached hydrogen (secondary N) is 1. The fraction of sp³-hybridized carbons (Fsp3) is 0.368. The highest BCUT2D eigenvalue weighted by Gasteiger charge is 2.37. The van der Waals surface area contributed by atoms with Crippen molar-refractivity contribution in [2.75, 3.05) is 14.2 Å². The normalized spacial score (nSPS) is 20.2. The smallest absolute Gasteiger partial charge is 0.161 e. The Morgan fingerprint density at radius 2 is 2.04 bits per heavy atom. The Labute approximate surface area is 141 Å². The van der Waals surface area contributed by atoms with Gasteiger partial charge < -0.3 is 14.8 Å². The molecule has 0 amide bonds. The molecular weight excluding hydrogens is 304 g/mol. The number of hydrogen-bond donors (Lipinski definition) is 1. The largest absolute Gasteiger partial charge is 0.497 e. The molecule has 1 aromatic carbocycles. The second kappa shape index (κ2) is 6.40. The molecule has 0 radical (unpaired) electrons. The minimum Gasteiger partial charge on any atom is -0.497 e. The summed E-state index contributed by atoms with van der Waals surface area (Å²) in [5.41, 5.74) is 3.82. The number of hydrogen-bond acceptors (Lipinski definition) is 5. The number of ketones is 1. The van der Waals surface area contributed by atoms with Crippen molar-refractivity contribution in [1.29, 1.82) is 5.26 Å². The molecule has 3 rings (SSSR count). The van der Waals surface area contributed by atoms with Crippen molar-refractivity contribution in [3.05, 3.63) is 46.3 Å². The first kappa shape index (κ1) is 16.1. The Morgan fingerprint density at radius 1 is 1.25 bits per heavy atom. The summed E-state index contributed by atoms with van der Waals surface area (Å²) in [6.07, 6.45) is 2.19. The van der Waals surface area contributed by atoms with Crippen molar-refractivity contribution >= 4 is 5.78 Å². The zero-order valence-electron chi connectivity index (χ0n) is 14.1. The molecule has 2 aliphatic rings. The maximum absolute atomic E-state index is 12.6. The molecule has 0 saturated heterocycles. The van der Waals surface area contributed by atoms with Gasteiger partial charge in [0.1, 0.15) is 11.5 Å². The van der Waals surface area contributed by atoms with Crippen molar-refractivity contribution in [3.8, 4) is 17.6 Å². The lowest BCUT2D eigenvalue weighted by Crippen LogP contribution is -2.31. The molecule has 1 aliphatic heterocycles. The van der Waals surface area contributed by atoms with E-state index in [0.717, 1.165) is 29.8 Å². The highest BCUT2D eigenvalue weighted by atomic mass is 16.5. The minimum atomic E-state index is -0.389. The number of rotatable bonds is 3. The Bertz CT molecular complexity index is 799. The molecule has 124 valence electrons. The molecule has 5 heteroatoms. The number of allylic oxidation sites excluding steroid dienone is 4. The van der Waals surface area contributed by atoms with Crippen molar-refractivity contribution in [3.63, 3.8) is 0 Å². The van der Waals surface area contributed by atoms with Gasteiger partial charge in [-0.15, -0.1) is 0 Å². The van der Waals surface area contributed by atoms with E-state index in [1.165, 1.54) is 0 Å². The van der Waals surface area contributed by atoms with Gasteiger partial charge in [0.25, 0.3) is 0 Å². The summed E-state index contributed by atoms with van der Waals surface area (Å²) in [7, 11) is 3.18. The number of methoxy groups -OCH3 is 2. The Hall–Kier alpha value is -2.74. The van der Waals surface area contributed by atoms with Crippen LogP contribution in [0.4, 0.5) is 0 Å². The van der Waals surface area contributed by atoms with Crippen LogP contribution in [0, 0.1) is 11.3 Å². The van der Waals surface area contributed by atoms with Crippen LogP contribution in [0.2, 0.25) is 0 Å². The van der Waals surface area contributed by atoms with E-state index >= 15 is 0 Å². The third-order valence-electron chi connectivity index (χ3n) is 4.65. The SMILES string of the molecule is COc1ccc(C2C(C#N)=C(C)NC3=C2C(=O)CCC3)c(OC)c1.